The van der Waals surface area contributed by atoms with Gasteiger partial charge >= 0.3 is 0 Å². The number of anilines is 1. The molecule has 0 atom stereocenters. The Balaban J connectivity index is 1.50. The monoisotopic (exact) mass is 394 g/mol. The molecule has 1 heterocycles. The number of carbonyl (C=O) groups excluding carboxylic acids is 1. The first-order valence-corrected chi connectivity index (χ1v) is 9.75. The van der Waals surface area contributed by atoms with Gasteiger partial charge in [0.05, 0.1) is 22.3 Å². The Bertz CT molecular complexity index is 756. The molecule has 1 saturated carbocycles. The average molecular weight is 395 g/mol. The summed E-state index contributed by atoms with van der Waals surface area (Å²) in [6, 6.07) is 7.88. The van der Waals surface area contributed by atoms with E-state index in [1.807, 2.05) is 29.9 Å². The van der Waals surface area contributed by atoms with Gasteiger partial charge in [0.2, 0.25) is 5.91 Å². The minimum absolute atomic E-state index is 0.00575. The number of nitrogens with zero attached hydrogens (tertiary/aromatic N) is 3. The summed E-state index contributed by atoms with van der Waals surface area (Å²) in [5, 5.41) is 8.51. The van der Waals surface area contributed by atoms with Crippen molar-refractivity contribution in [3.63, 3.8) is 0 Å². The summed E-state index contributed by atoms with van der Waals surface area (Å²) in [6.45, 7) is 1.28. The van der Waals surface area contributed by atoms with Gasteiger partial charge in [0.25, 0.3) is 0 Å². The fraction of sp³-hybridized carbons (Fsp3) is 0.474. The molecule has 0 unspecified atom stereocenters. The van der Waals surface area contributed by atoms with Crippen LogP contribution in [0.2, 0.25) is 10.0 Å². The van der Waals surface area contributed by atoms with Crippen LogP contribution in [0.1, 0.15) is 43.7 Å². The number of hydrogen-bond donors (Lipinski definition) is 1. The second kappa shape index (κ2) is 8.89. The highest BCUT2D eigenvalue weighted by Crippen LogP contribution is 2.31. The Morgan fingerprint density at radius 2 is 2.08 bits per heavy atom. The van der Waals surface area contributed by atoms with E-state index in [9.17, 15) is 4.79 Å². The number of rotatable bonds is 7. The molecule has 1 amide bonds. The first kappa shape index (κ1) is 19.2. The van der Waals surface area contributed by atoms with Crippen molar-refractivity contribution < 1.29 is 4.79 Å². The zero-order chi connectivity index (χ0) is 18.5. The lowest BCUT2D eigenvalue weighted by atomic mass is 10.2. The van der Waals surface area contributed by atoms with Crippen LogP contribution in [-0.2, 0) is 11.3 Å². The molecule has 5 nitrogen and oxygen atoms in total. The van der Waals surface area contributed by atoms with Gasteiger partial charge in [-0.15, -0.1) is 0 Å². The highest BCUT2D eigenvalue weighted by atomic mass is 35.5. The third kappa shape index (κ3) is 4.78. The lowest BCUT2D eigenvalue weighted by molar-refractivity contribution is -0.116. The normalized spacial score (nSPS) is 14.9. The molecule has 1 aromatic heterocycles. The molecule has 1 aliphatic rings. The van der Waals surface area contributed by atoms with E-state index in [4.69, 9.17) is 23.2 Å². The van der Waals surface area contributed by atoms with E-state index in [1.165, 1.54) is 12.8 Å². The van der Waals surface area contributed by atoms with Crippen molar-refractivity contribution in [2.24, 2.45) is 0 Å². The fourth-order valence-electron chi connectivity index (χ4n) is 3.39. The minimum atomic E-state index is -0.00575. The Morgan fingerprint density at radius 3 is 2.85 bits per heavy atom. The van der Waals surface area contributed by atoms with Crippen LogP contribution in [0.3, 0.4) is 0 Å². The highest BCUT2D eigenvalue weighted by molar-refractivity contribution is 6.42. The molecule has 0 saturated heterocycles. The van der Waals surface area contributed by atoms with Gasteiger partial charge in [-0.1, -0.05) is 48.2 Å². The molecule has 1 aromatic carbocycles. The van der Waals surface area contributed by atoms with Crippen LogP contribution in [-0.4, -0.2) is 34.2 Å². The number of halogens is 2. The first-order valence-electron chi connectivity index (χ1n) is 8.99. The van der Waals surface area contributed by atoms with E-state index in [0.717, 1.165) is 24.2 Å². The summed E-state index contributed by atoms with van der Waals surface area (Å²) in [7, 11) is 1.97. The highest BCUT2D eigenvalue weighted by Gasteiger charge is 2.20. The second-order valence-corrected chi connectivity index (χ2v) is 7.63. The lowest BCUT2D eigenvalue weighted by Gasteiger charge is -2.18. The third-order valence-corrected chi connectivity index (χ3v) is 5.66. The smallest absolute Gasteiger partial charge is 0.226 e. The SMILES string of the molecule is CN(CCC(=O)Nc1ccnn1C1CCCC1)Cc1cccc(Cl)c1Cl. The van der Waals surface area contributed by atoms with Gasteiger partial charge in [0.15, 0.2) is 0 Å². The van der Waals surface area contributed by atoms with Gasteiger partial charge in [-0.05, 0) is 31.5 Å². The number of amides is 1. The molecule has 1 aliphatic carbocycles. The van der Waals surface area contributed by atoms with Crippen LogP contribution in [0.25, 0.3) is 0 Å². The van der Waals surface area contributed by atoms with Crippen molar-refractivity contribution in [2.75, 3.05) is 18.9 Å². The van der Waals surface area contributed by atoms with Crippen LogP contribution in [0.5, 0.6) is 0 Å². The van der Waals surface area contributed by atoms with Gasteiger partial charge in [0.1, 0.15) is 5.82 Å². The van der Waals surface area contributed by atoms with Crippen molar-refractivity contribution in [2.45, 2.75) is 44.7 Å². The fourth-order valence-corrected chi connectivity index (χ4v) is 3.77. The Morgan fingerprint density at radius 1 is 1.31 bits per heavy atom. The van der Waals surface area contributed by atoms with Crippen molar-refractivity contribution in [3.8, 4) is 0 Å². The summed E-state index contributed by atoms with van der Waals surface area (Å²) >= 11 is 12.3. The number of carbonyl (C=O) groups is 1. The second-order valence-electron chi connectivity index (χ2n) is 6.85. The lowest BCUT2D eigenvalue weighted by Crippen LogP contribution is -2.25. The largest absolute Gasteiger partial charge is 0.311 e. The molecule has 26 heavy (non-hydrogen) atoms. The van der Waals surface area contributed by atoms with Crippen LogP contribution >= 0.6 is 23.2 Å². The van der Waals surface area contributed by atoms with Gasteiger partial charge in [-0.2, -0.15) is 5.10 Å². The van der Waals surface area contributed by atoms with E-state index in [2.05, 4.69) is 15.3 Å². The zero-order valence-electron chi connectivity index (χ0n) is 14.9. The van der Waals surface area contributed by atoms with Crippen molar-refractivity contribution in [3.05, 3.63) is 46.1 Å². The quantitative estimate of drug-likeness (QED) is 0.735. The molecule has 0 aliphatic heterocycles. The van der Waals surface area contributed by atoms with Crippen LogP contribution in [0.15, 0.2) is 30.5 Å². The van der Waals surface area contributed by atoms with E-state index >= 15 is 0 Å². The summed E-state index contributed by atoms with van der Waals surface area (Å²) < 4.78 is 1.96. The van der Waals surface area contributed by atoms with E-state index in [-0.39, 0.29) is 5.91 Å². The molecule has 3 rings (SSSR count). The zero-order valence-corrected chi connectivity index (χ0v) is 16.4. The molecular weight excluding hydrogens is 371 g/mol. The molecule has 0 spiro atoms. The van der Waals surface area contributed by atoms with E-state index < -0.39 is 0 Å². The van der Waals surface area contributed by atoms with Crippen LogP contribution in [0, 0.1) is 0 Å². The van der Waals surface area contributed by atoms with Crippen molar-refractivity contribution >= 4 is 34.9 Å². The van der Waals surface area contributed by atoms with Gasteiger partial charge in [-0.25, -0.2) is 4.68 Å². The molecule has 0 bridgehead atoms. The molecule has 2 aromatic rings. The summed E-state index contributed by atoms with van der Waals surface area (Å²) in [5.41, 5.74) is 0.960. The maximum Gasteiger partial charge on any atom is 0.226 e. The molecule has 1 N–H and O–H groups in total. The Kier molecular flexibility index (Phi) is 6.57. The predicted octanol–water partition coefficient (Wildman–Crippen LogP) is 4.77. The van der Waals surface area contributed by atoms with Gasteiger partial charge < -0.3 is 10.2 Å². The maximum absolute atomic E-state index is 12.3. The first-order chi connectivity index (χ1) is 12.5. The molecular formula is C19H24Cl2N4O. The Labute approximate surface area is 164 Å². The summed E-state index contributed by atoms with van der Waals surface area (Å²) in [5.74, 6) is 0.788. The Hall–Kier alpha value is -1.56. The topological polar surface area (TPSA) is 50.2 Å². The molecule has 1 fully saturated rings. The maximum atomic E-state index is 12.3. The van der Waals surface area contributed by atoms with Crippen LogP contribution in [0.4, 0.5) is 5.82 Å². The van der Waals surface area contributed by atoms with Crippen molar-refractivity contribution in [1.29, 1.82) is 0 Å². The molecule has 7 heteroatoms. The predicted molar refractivity (Wildman–Crippen MR) is 106 cm³/mol. The minimum Gasteiger partial charge on any atom is -0.311 e. The van der Waals surface area contributed by atoms with Gasteiger partial charge in [-0.3, -0.25) is 4.79 Å². The number of nitrogens with one attached hydrogen (secondary N) is 1. The summed E-state index contributed by atoms with van der Waals surface area (Å²) in [6.07, 6.45) is 6.89. The number of hydrogen-bond acceptors (Lipinski definition) is 3. The molecule has 0 radical (unpaired) electrons. The third-order valence-electron chi connectivity index (χ3n) is 4.80. The summed E-state index contributed by atoms with van der Waals surface area (Å²) in [4.78, 5) is 14.4. The average Bonchev–Trinajstić information content (AvgIpc) is 3.28. The number of aromatic nitrogens is 2. The van der Waals surface area contributed by atoms with E-state index in [0.29, 0.717) is 35.6 Å². The standard InChI is InChI=1S/C19H24Cl2N4O/c1-24(13-14-5-4-8-16(20)19(14)21)12-10-18(26)23-17-9-11-22-25(17)15-6-2-3-7-15/h4-5,8-9,11,15H,2-3,6-7,10,12-13H2,1H3,(H,23,26). The van der Waals surface area contributed by atoms with Crippen LogP contribution < -0.4 is 5.32 Å². The van der Waals surface area contributed by atoms with Gasteiger partial charge in [0, 0.05) is 25.6 Å². The number of benzene rings is 1. The van der Waals surface area contributed by atoms with E-state index in [1.54, 1.807) is 12.3 Å². The van der Waals surface area contributed by atoms with Crippen molar-refractivity contribution in [1.82, 2.24) is 14.7 Å². The molecule has 140 valence electrons.